The molecule has 0 aliphatic carbocycles. The first-order chi connectivity index (χ1) is 6.74. The van der Waals surface area contributed by atoms with Gasteiger partial charge in [0.05, 0.1) is 10.8 Å². The lowest BCUT2D eigenvalue weighted by Crippen LogP contribution is -2.01. The van der Waals surface area contributed by atoms with Gasteiger partial charge < -0.3 is 0 Å². The average Bonchev–Trinajstić information content (AvgIpc) is 2.18. The van der Waals surface area contributed by atoms with Crippen molar-refractivity contribution in [3.63, 3.8) is 0 Å². The van der Waals surface area contributed by atoms with E-state index >= 15 is 0 Å². The second-order valence-electron chi connectivity index (χ2n) is 2.70. The van der Waals surface area contributed by atoms with Gasteiger partial charge in [0.15, 0.2) is 0 Å². The monoisotopic (exact) mass is 232 g/mol. The summed E-state index contributed by atoms with van der Waals surface area (Å²) in [5.74, 6) is 2.17. The Kier molecular flexibility index (Phi) is 5.19. The number of hydrogen-bond acceptors (Lipinski definition) is 2. The average molecular weight is 232 g/mol. The third kappa shape index (κ3) is 3.80. The lowest BCUT2D eigenvalue weighted by atomic mass is 10.4. The lowest BCUT2D eigenvalue weighted by molar-refractivity contribution is 0.622. The van der Waals surface area contributed by atoms with Gasteiger partial charge in [-0.25, -0.2) is 4.39 Å². The summed E-state index contributed by atoms with van der Waals surface area (Å²) in [4.78, 5) is 0.585. The molecule has 4 heteroatoms. The molecule has 1 aromatic carbocycles. The first-order valence-electron chi connectivity index (χ1n) is 4.45. The number of rotatable bonds is 5. The van der Waals surface area contributed by atoms with Crippen molar-refractivity contribution in [2.24, 2.45) is 0 Å². The highest BCUT2D eigenvalue weighted by Gasteiger charge is 2.03. The first-order valence-corrected chi connectivity index (χ1v) is 6.93. The Morgan fingerprint density at radius 1 is 1.50 bits per heavy atom. The van der Waals surface area contributed by atoms with Crippen LogP contribution >= 0.6 is 11.8 Å². The van der Waals surface area contributed by atoms with Crippen molar-refractivity contribution in [2.75, 3.05) is 17.3 Å². The molecule has 1 atom stereocenters. The predicted octanol–water partition coefficient (Wildman–Crippen LogP) is 2.69. The molecular weight excluding hydrogens is 219 g/mol. The molecule has 1 unspecified atom stereocenters. The molecule has 0 N–H and O–H groups in total. The largest absolute Gasteiger partial charge is 0.254 e. The molecule has 1 aromatic rings. The van der Waals surface area contributed by atoms with Crippen LogP contribution in [0.15, 0.2) is 29.2 Å². The zero-order valence-corrected chi connectivity index (χ0v) is 9.67. The van der Waals surface area contributed by atoms with Crippen LogP contribution < -0.4 is 0 Å². The Bertz CT molecular complexity index is 315. The number of benzene rings is 1. The summed E-state index contributed by atoms with van der Waals surface area (Å²) in [5, 5.41) is 0. The Balaban J connectivity index is 2.52. The summed E-state index contributed by atoms with van der Waals surface area (Å²) in [6, 6.07) is 6.00. The summed E-state index contributed by atoms with van der Waals surface area (Å²) in [5.41, 5.74) is 0. The van der Waals surface area contributed by atoms with Gasteiger partial charge in [0.2, 0.25) is 0 Å². The Labute approximate surface area is 90.6 Å². The number of thioether (sulfide) groups is 1. The molecule has 0 amide bonds. The van der Waals surface area contributed by atoms with Gasteiger partial charge in [-0.05, 0) is 24.0 Å². The van der Waals surface area contributed by atoms with Crippen LogP contribution in [0.25, 0.3) is 0 Å². The summed E-state index contributed by atoms with van der Waals surface area (Å²) in [6.07, 6.45) is 0. The van der Waals surface area contributed by atoms with Crippen molar-refractivity contribution >= 4 is 22.6 Å². The highest BCUT2D eigenvalue weighted by Crippen LogP contribution is 2.10. The van der Waals surface area contributed by atoms with Crippen molar-refractivity contribution in [1.29, 1.82) is 0 Å². The van der Waals surface area contributed by atoms with Crippen LogP contribution in [0.3, 0.4) is 0 Å². The summed E-state index contributed by atoms with van der Waals surface area (Å²) in [6.45, 7) is 2.07. The van der Waals surface area contributed by atoms with Crippen LogP contribution in [0, 0.1) is 5.82 Å². The number of halogens is 1. The predicted molar refractivity (Wildman–Crippen MR) is 60.7 cm³/mol. The van der Waals surface area contributed by atoms with Gasteiger partial charge in [0, 0.05) is 16.4 Å². The standard InChI is InChI=1S/C10H13FOS2/c1-2-13-6-7-14(12)10-5-3-4-9(11)8-10/h3-5,8H,2,6-7H2,1H3. The van der Waals surface area contributed by atoms with Gasteiger partial charge in [-0.3, -0.25) is 4.21 Å². The van der Waals surface area contributed by atoms with Gasteiger partial charge in [0.25, 0.3) is 0 Å². The third-order valence-electron chi connectivity index (χ3n) is 1.68. The minimum atomic E-state index is -1.06. The fourth-order valence-electron chi connectivity index (χ4n) is 1.01. The van der Waals surface area contributed by atoms with Crippen LogP contribution in [0.2, 0.25) is 0 Å². The molecule has 1 rings (SSSR count). The van der Waals surface area contributed by atoms with Crippen LogP contribution in [-0.4, -0.2) is 21.5 Å². The van der Waals surface area contributed by atoms with Gasteiger partial charge in [0.1, 0.15) is 5.82 Å². The molecular formula is C10H13FOS2. The Morgan fingerprint density at radius 2 is 2.29 bits per heavy atom. The van der Waals surface area contributed by atoms with E-state index in [9.17, 15) is 8.60 Å². The normalized spacial score (nSPS) is 12.7. The van der Waals surface area contributed by atoms with Crippen molar-refractivity contribution in [2.45, 2.75) is 11.8 Å². The van der Waals surface area contributed by atoms with Gasteiger partial charge in [-0.2, -0.15) is 11.8 Å². The molecule has 0 aromatic heterocycles. The minimum absolute atomic E-state index is 0.320. The SMILES string of the molecule is CCSCCS(=O)c1cccc(F)c1. The molecule has 0 radical (unpaired) electrons. The van der Waals surface area contributed by atoms with E-state index in [0.29, 0.717) is 10.6 Å². The Morgan fingerprint density at radius 3 is 2.93 bits per heavy atom. The first kappa shape index (κ1) is 11.7. The van der Waals surface area contributed by atoms with E-state index in [4.69, 9.17) is 0 Å². The van der Waals surface area contributed by atoms with Crippen molar-refractivity contribution < 1.29 is 8.60 Å². The lowest BCUT2D eigenvalue weighted by Gasteiger charge is -2.01. The third-order valence-corrected chi connectivity index (χ3v) is 4.19. The van der Waals surface area contributed by atoms with E-state index in [0.717, 1.165) is 11.5 Å². The fraction of sp³-hybridized carbons (Fsp3) is 0.400. The molecule has 78 valence electrons. The van der Waals surface area contributed by atoms with E-state index < -0.39 is 10.8 Å². The topological polar surface area (TPSA) is 17.1 Å². The second kappa shape index (κ2) is 6.19. The van der Waals surface area contributed by atoms with Crippen molar-refractivity contribution in [3.05, 3.63) is 30.1 Å². The van der Waals surface area contributed by atoms with Crippen molar-refractivity contribution in [1.82, 2.24) is 0 Å². The van der Waals surface area contributed by atoms with Crippen LogP contribution in [-0.2, 0) is 10.8 Å². The quantitative estimate of drug-likeness (QED) is 0.726. The molecule has 0 spiro atoms. The minimum Gasteiger partial charge on any atom is -0.254 e. The molecule has 1 nitrogen and oxygen atoms in total. The smallest absolute Gasteiger partial charge is 0.124 e. The number of hydrogen-bond donors (Lipinski definition) is 0. The van der Waals surface area contributed by atoms with Crippen LogP contribution in [0.1, 0.15) is 6.92 Å². The molecule has 0 saturated heterocycles. The van der Waals surface area contributed by atoms with Crippen LogP contribution in [0.5, 0.6) is 0 Å². The van der Waals surface area contributed by atoms with E-state index in [1.165, 1.54) is 12.1 Å². The molecule has 0 saturated carbocycles. The maximum atomic E-state index is 12.8. The summed E-state index contributed by atoms with van der Waals surface area (Å²) in [7, 11) is -1.06. The zero-order chi connectivity index (χ0) is 10.4. The van der Waals surface area contributed by atoms with E-state index in [1.807, 2.05) is 0 Å². The van der Waals surface area contributed by atoms with Crippen molar-refractivity contribution in [3.8, 4) is 0 Å². The van der Waals surface area contributed by atoms with E-state index in [-0.39, 0.29) is 5.82 Å². The molecule has 0 fully saturated rings. The van der Waals surface area contributed by atoms with Gasteiger partial charge in [-0.15, -0.1) is 0 Å². The molecule has 0 aliphatic rings. The van der Waals surface area contributed by atoms with Gasteiger partial charge in [-0.1, -0.05) is 13.0 Å². The summed E-state index contributed by atoms with van der Waals surface area (Å²) >= 11 is 1.75. The highest BCUT2D eigenvalue weighted by atomic mass is 32.2. The van der Waals surface area contributed by atoms with Gasteiger partial charge >= 0.3 is 0 Å². The summed E-state index contributed by atoms with van der Waals surface area (Å²) < 4.78 is 24.4. The fourth-order valence-corrected chi connectivity index (χ4v) is 3.08. The molecule has 0 aliphatic heterocycles. The van der Waals surface area contributed by atoms with E-state index in [1.54, 1.807) is 23.9 Å². The van der Waals surface area contributed by atoms with Crippen LogP contribution in [0.4, 0.5) is 4.39 Å². The highest BCUT2D eigenvalue weighted by molar-refractivity contribution is 8.00. The zero-order valence-electron chi connectivity index (χ0n) is 8.03. The Hall–Kier alpha value is -0.350. The second-order valence-corrected chi connectivity index (χ2v) is 5.67. The molecule has 14 heavy (non-hydrogen) atoms. The van der Waals surface area contributed by atoms with E-state index in [2.05, 4.69) is 6.92 Å². The maximum Gasteiger partial charge on any atom is 0.124 e. The molecule has 0 bridgehead atoms. The maximum absolute atomic E-state index is 12.8. The molecule has 0 heterocycles.